The van der Waals surface area contributed by atoms with Crippen molar-refractivity contribution in [3.8, 4) is 0 Å². The summed E-state index contributed by atoms with van der Waals surface area (Å²) in [6, 6.07) is 9.86. The number of hydrogen-bond donors (Lipinski definition) is 0. The van der Waals surface area contributed by atoms with Crippen LogP contribution in [0.25, 0.3) is 0 Å². The smallest absolute Gasteiger partial charge is 0.246 e. The van der Waals surface area contributed by atoms with Gasteiger partial charge in [-0.25, -0.2) is 0 Å². The van der Waals surface area contributed by atoms with Gasteiger partial charge in [0, 0.05) is 23.9 Å². The van der Waals surface area contributed by atoms with Gasteiger partial charge in [-0.3, -0.25) is 9.78 Å². The van der Waals surface area contributed by atoms with Crippen LogP contribution in [0.5, 0.6) is 0 Å². The number of benzene rings is 1. The van der Waals surface area contributed by atoms with Crippen LogP contribution in [-0.4, -0.2) is 24.5 Å². The summed E-state index contributed by atoms with van der Waals surface area (Å²) in [5.74, 6) is 0.110. The van der Waals surface area contributed by atoms with E-state index in [9.17, 15) is 4.79 Å². The summed E-state index contributed by atoms with van der Waals surface area (Å²) in [5.41, 5.74) is 3.09. The van der Waals surface area contributed by atoms with E-state index in [4.69, 9.17) is 0 Å². The summed E-state index contributed by atoms with van der Waals surface area (Å²) in [7, 11) is 1.94. The quantitative estimate of drug-likeness (QED) is 0.849. The molecule has 0 N–H and O–H groups in total. The maximum Gasteiger partial charge on any atom is 0.246 e. The van der Waals surface area contributed by atoms with Crippen molar-refractivity contribution >= 4 is 33.2 Å². The molecule has 4 nitrogen and oxygen atoms in total. The Morgan fingerprint density at radius 1 is 1.20 bits per heavy atom. The van der Waals surface area contributed by atoms with E-state index in [2.05, 4.69) is 20.9 Å². The number of fused-ring (bicyclic) bond motifs is 1. The topological polar surface area (TPSA) is 36.4 Å². The van der Waals surface area contributed by atoms with Crippen LogP contribution in [0, 0.1) is 0 Å². The molecule has 0 spiro atoms. The van der Waals surface area contributed by atoms with Gasteiger partial charge in [0.25, 0.3) is 0 Å². The predicted molar refractivity (Wildman–Crippen MR) is 82.8 cm³/mol. The first-order valence-electron chi connectivity index (χ1n) is 6.35. The van der Waals surface area contributed by atoms with Crippen molar-refractivity contribution in [3.63, 3.8) is 0 Å². The third kappa shape index (κ3) is 2.41. The van der Waals surface area contributed by atoms with E-state index in [0.717, 1.165) is 21.4 Å². The summed E-state index contributed by atoms with van der Waals surface area (Å²) in [5, 5.41) is 0. The van der Waals surface area contributed by atoms with Crippen molar-refractivity contribution in [3.05, 3.63) is 52.8 Å². The molecule has 0 atom stereocenters. The summed E-state index contributed by atoms with van der Waals surface area (Å²) >= 11 is 3.48. The maximum absolute atomic E-state index is 12.3. The Kier molecular flexibility index (Phi) is 3.44. The van der Waals surface area contributed by atoms with Gasteiger partial charge in [0.1, 0.15) is 0 Å². The largest absolute Gasteiger partial charge is 0.364 e. The van der Waals surface area contributed by atoms with E-state index in [-0.39, 0.29) is 5.91 Å². The number of anilines is 2. The zero-order valence-electron chi connectivity index (χ0n) is 11.1. The van der Waals surface area contributed by atoms with Crippen LogP contribution < -0.4 is 9.80 Å². The van der Waals surface area contributed by atoms with Crippen molar-refractivity contribution in [1.82, 2.24) is 4.98 Å². The van der Waals surface area contributed by atoms with Crippen LogP contribution >= 0.6 is 15.9 Å². The first-order valence-corrected chi connectivity index (χ1v) is 7.14. The molecule has 1 amide bonds. The van der Waals surface area contributed by atoms with Gasteiger partial charge < -0.3 is 9.80 Å². The van der Waals surface area contributed by atoms with Crippen LogP contribution in [0.2, 0.25) is 0 Å². The SMILES string of the molecule is CN1CC(=O)N(Cc2ccncc2)c2ccc(Br)cc21. The molecule has 0 radical (unpaired) electrons. The molecule has 2 aromatic rings. The molecule has 0 saturated carbocycles. The highest BCUT2D eigenvalue weighted by molar-refractivity contribution is 9.10. The van der Waals surface area contributed by atoms with Crippen LogP contribution in [-0.2, 0) is 11.3 Å². The molecule has 20 heavy (non-hydrogen) atoms. The summed E-state index contributed by atoms with van der Waals surface area (Å²) < 4.78 is 1.02. The Hall–Kier alpha value is -1.88. The molecule has 102 valence electrons. The average Bonchev–Trinajstić information content (AvgIpc) is 2.45. The van der Waals surface area contributed by atoms with Gasteiger partial charge in [-0.05, 0) is 35.9 Å². The van der Waals surface area contributed by atoms with E-state index in [1.54, 1.807) is 12.4 Å². The molecule has 0 bridgehead atoms. The second kappa shape index (κ2) is 5.25. The minimum Gasteiger partial charge on any atom is -0.364 e. The van der Waals surface area contributed by atoms with Gasteiger partial charge in [-0.15, -0.1) is 0 Å². The molecule has 0 fully saturated rings. The minimum absolute atomic E-state index is 0.110. The Morgan fingerprint density at radius 2 is 1.95 bits per heavy atom. The molecule has 5 heteroatoms. The monoisotopic (exact) mass is 331 g/mol. The molecular formula is C15H14BrN3O. The molecule has 1 aliphatic rings. The van der Waals surface area contributed by atoms with Crippen molar-refractivity contribution < 1.29 is 4.79 Å². The highest BCUT2D eigenvalue weighted by Crippen LogP contribution is 2.35. The second-order valence-electron chi connectivity index (χ2n) is 4.82. The van der Waals surface area contributed by atoms with Crippen LogP contribution in [0.4, 0.5) is 11.4 Å². The maximum atomic E-state index is 12.3. The van der Waals surface area contributed by atoms with Crippen LogP contribution in [0.15, 0.2) is 47.2 Å². The number of carbonyl (C=O) groups excluding carboxylic acids is 1. The highest BCUT2D eigenvalue weighted by atomic mass is 79.9. The normalized spacial score (nSPS) is 14.4. The van der Waals surface area contributed by atoms with Gasteiger partial charge in [0.15, 0.2) is 0 Å². The minimum atomic E-state index is 0.110. The first kappa shape index (κ1) is 13.1. The molecule has 2 heterocycles. The third-order valence-corrected chi connectivity index (χ3v) is 3.90. The van der Waals surface area contributed by atoms with Gasteiger partial charge in [0.2, 0.25) is 5.91 Å². The van der Waals surface area contributed by atoms with E-state index >= 15 is 0 Å². The fraction of sp³-hybridized carbons (Fsp3) is 0.200. The zero-order chi connectivity index (χ0) is 14.1. The summed E-state index contributed by atoms with van der Waals surface area (Å²) in [4.78, 5) is 20.1. The highest BCUT2D eigenvalue weighted by Gasteiger charge is 2.27. The van der Waals surface area contributed by atoms with Crippen LogP contribution in [0.3, 0.4) is 0 Å². The van der Waals surface area contributed by atoms with Gasteiger partial charge in [0.05, 0.1) is 24.5 Å². The number of carbonyl (C=O) groups is 1. The predicted octanol–water partition coefficient (Wildman–Crippen LogP) is 2.83. The fourth-order valence-corrected chi connectivity index (χ4v) is 2.73. The zero-order valence-corrected chi connectivity index (χ0v) is 12.7. The van der Waals surface area contributed by atoms with E-state index < -0.39 is 0 Å². The third-order valence-electron chi connectivity index (χ3n) is 3.40. The lowest BCUT2D eigenvalue weighted by Crippen LogP contribution is -2.43. The Balaban J connectivity index is 1.99. The fourth-order valence-electron chi connectivity index (χ4n) is 2.38. The Bertz CT molecular complexity index is 645. The number of hydrogen-bond acceptors (Lipinski definition) is 3. The van der Waals surface area contributed by atoms with E-state index in [0.29, 0.717) is 13.1 Å². The van der Waals surface area contributed by atoms with Crippen molar-refractivity contribution in [1.29, 1.82) is 0 Å². The molecule has 0 aliphatic carbocycles. The molecule has 1 aromatic heterocycles. The Labute approximate surface area is 126 Å². The Morgan fingerprint density at radius 3 is 2.70 bits per heavy atom. The second-order valence-corrected chi connectivity index (χ2v) is 5.74. The first-order chi connectivity index (χ1) is 9.65. The standard InChI is InChI=1S/C15H14BrN3O/c1-18-10-15(20)19(9-11-4-6-17-7-5-11)13-3-2-12(16)8-14(13)18/h2-8H,9-10H2,1H3. The molecule has 0 saturated heterocycles. The van der Waals surface area contributed by atoms with Gasteiger partial charge in [-0.2, -0.15) is 0 Å². The number of halogens is 1. The molecule has 1 aromatic carbocycles. The lowest BCUT2D eigenvalue weighted by atomic mass is 10.1. The number of rotatable bonds is 2. The number of aromatic nitrogens is 1. The summed E-state index contributed by atoms with van der Waals surface area (Å²) in [6.07, 6.45) is 3.50. The number of likely N-dealkylation sites (N-methyl/N-ethyl adjacent to an activating group) is 1. The van der Waals surface area contributed by atoms with Crippen molar-refractivity contribution in [2.45, 2.75) is 6.54 Å². The van der Waals surface area contributed by atoms with Crippen LogP contribution in [0.1, 0.15) is 5.56 Å². The average molecular weight is 332 g/mol. The number of amides is 1. The van der Waals surface area contributed by atoms with E-state index in [1.807, 2.05) is 47.2 Å². The molecular weight excluding hydrogens is 318 g/mol. The lowest BCUT2D eigenvalue weighted by Gasteiger charge is -2.35. The van der Waals surface area contributed by atoms with Gasteiger partial charge in [-0.1, -0.05) is 15.9 Å². The lowest BCUT2D eigenvalue weighted by molar-refractivity contribution is -0.117. The summed E-state index contributed by atoms with van der Waals surface area (Å²) in [6.45, 7) is 0.971. The molecule has 3 rings (SSSR count). The van der Waals surface area contributed by atoms with E-state index in [1.165, 1.54) is 0 Å². The van der Waals surface area contributed by atoms with Gasteiger partial charge >= 0.3 is 0 Å². The van der Waals surface area contributed by atoms with Crippen molar-refractivity contribution in [2.24, 2.45) is 0 Å². The molecule has 0 unspecified atom stereocenters. The number of nitrogens with zero attached hydrogens (tertiary/aromatic N) is 3. The van der Waals surface area contributed by atoms with Crippen molar-refractivity contribution in [2.75, 3.05) is 23.4 Å². The number of pyridine rings is 1. The molecule has 1 aliphatic heterocycles.